The van der Waals surface area contributed by atoms with E-state index in [0.29, 0.717) is 18.0 Å². The third-order valence-electron chi connectivity index (χ3n) is 6.03. The van der Waals surface area contributed by atoms with E-state index >= 15 is 0 Å². The summed E-state index contributed by atoms with van der Waals surface area (Å²) in [6, 6.07) is 0.973. The van der Waals surface area contributed by atoms with Crippen LogP contribution in [0, 0.1) is 12.8 Å². The Morgan fingerprint density at radius 1 is 1.19 bits per heavy atom. The molecule has 0 radical (unpaired) electrons. The summed E-state index contributed by atoms with van der Waals surface area (Å²) in [6.07, 6.45) is 4.65. The number of hydrogen-bond acceptors (Lipinski definition) is 6. The van der Waals surface area contributed by atoms with E-state index in [2.05, 4.69) is 27.0 Å². The van der Waals surface area contributed by atoms with Gasteiger partial charge < -0.3 is 15.0 Å². The van der Waals surface area contributed by atoms with E-state index < -0.39 is 0 Å². The minimum absolute atomic E-state index is 0.188. The first-order chi connectivity index (χ1) is 12.7. The molecule has 6 nitrogen and oxygen atoms in total. The first-order valence-electron chi connectivity index (χ1n) is 9.99. The highest BCUT2D eigenvalue weighted by Gasteiger charge is 2.40. The van der Waals surface area contributed by atoms with Crippen LogP contribution in [-0.4, -0.2) is 72.2 Å². The lowest BCUT2D eigenvalue weighted by atomic mass is 9.95. The Morgan fingerprint density at radius 2 is 2.00 bits per heavy atom. The summed E-state index contributed by atoms with van der Waals surface area (Å²) in [4.78, 5) is 23.4. The van der Waals surface area contributed by atoms with Crippen LogP contribution >= 0.6 is 11.3 Å². The maximum atomic E-state index is 13.3. The zero-order chi connectivity index (χ0) is 18.1. The molecule has 7 heteroatoms. The van der Waals surface area contributed by atoms with Crippen molar-refractivity contribution in [2.24, 2.45) is 5.92 Å². The van der Waals surface area contributed by atoms with Gasteiger partial charge in [-0.15, -0.1) is 0 Å². The Labute approximate surface area is 159 Å². The molecule has 0 aliphatic carbocycles. The number of rotatable bonds is 4. The summed E-state index contributed by atoms with van der Waals surface area (Å²) in [7, 11) is 0. The van der Waals surface area contributed by atoms with E-state index in [1.54, 1.807) is 0 Å². The van der Waals surface area contributed by atoms with Crippen molar-refractivity contribution in [3.05, 3.63) is 10.6 Å². The van der Waals surface area contributed by atoms with Gasteiger partial charge >= 0.3 is 0 Å². The van der Waals surface area contributed by atoms with Crippen LogP contribution in [0.25, 0.3) is 0 Å². The molecule has 5 rings (SSSR count). The summed E-state index contributed by atoms with van der Waals surface area (Å²) in [5, 5.41) is 4.10. The molecule has 5 heterocycles. The Bertz CT molecular complexity index is 643. The fourth-order valence-electron chi connectivity index (χ4n) is 4.67. The molecular weight excluding hydrogens is 348 g/mol. The molecule has 4 aliphatic heterocycles. The zero-order valence-electron chi connectivity index (χ0n) is 15.9. The molecular formula is C19H30N4O2S. The van der Waals surface area contributed by atoms with Crippen LogP contribution in [0.2, 0.25) is 0 Å². The van der Waals surface area contributed by atoms with Gasteiger partial charge in [0.2, 0.25) is 0 Å². The maximum absolute atomic E-state index is 13.3. The summed E-state index contributed by atoms with van der Waals surface area (Å²) in [5.41, 5.74) is 0.859. The van der Waals surface area contributed by atoms with Crippen LogP contribution in [0.4, 0.5) is 5.13 Å². The molecule has 1 aromatic rings. The van der Waals surface area contributed by atoms with Crippen molar-refractivity contribution in [3.63, 3.8) is 0 Å². The Morgan fingerprint density at radius 3 is 2.77 bits per heavy atom. The number of hydrogen-bond donors (Lipinski definition) is 1. The highest BCUT2D eigenvalue weighted by atomic mass is 32.1. The normalized spacial score (nSPS) is 27.5. The molecule has 4 aliphatic rings. The summed E-state index contributed by atoms with van der Waals surface area (Å²) in [6.45, 7) is 9.65. The van der Waals surface area contributed by atoms with Crippen molar-refractivity contribution in [1.29, 1.82) is 0 Å². The number of piperidine rings is 1. The number of anilines is 1. The SMILES string of the molecule is CCNc1nc(C)c(C(=O)N2C[C@@H]3CC[C@H]2CN(C2CCOCC2)C3)s1. The van der Waals surface area contributed by atoms with E-state index in [9.17, 15) is 4.79 Å². The monoisotopic (exact) mass is 378 g/mol. The van der Waals surface area contributed by atoms with Crippen LogP contribution in [0.3, 0.4) is 0 Å². The van der Waals surface area contributed by atoms with Gasteiger partial charge in [0.25, 0.3) is 5.91 Å². The lowest BCUT2D eigenvalue weighted by Crippen LogP contribution is -2.48. The van der Waals surface area contributed by atoms with Crippen molar-refractivity contribution in [1.82, 2.24) is 14.8 Å². The molecule has 26 heavy (non-hydrogen) atoms. The van der Waals surface area contributed by atoms with Gasteiger partial charge in [0, 0.05) is 51.5 Å². The number of amides is 1. The lowest BCUT2D eigenvalue weighted by molar-refractivity contribution is 0.0304. The number of aryl methyl sites for hydroxylation is 1. The summed E-state index contributed by atoms with van der Waals surface area (Å²) in [5.74, 6) is 0.787. The van der Waals surface area contributed by atoms with E-state index in [1.807, 2.05) is 6.92 Å². The molecule has 0 aromatic carbocycles. The van der Waals surface area contributed by atoms with Gasteiger partial charge in [-0.2, -0.15) is 0 Å². The van der Waals surface area contributed by atoms with Crippen molar-refractivity contribution in [2.45, 2.75) is 51.6 Å². The van der Waals surface area contributed by atoms with Crippen LogP contribution in [0.1, 0.15) is 48.0 Å². The Hall–Kier alpha value is -1.18. The summed E-state index contributed by atoms with van der Waals surface area (Å²) < 4.78 is 5.54. The quantitative estimate of drug-likeness (QED) is 0.873. The molecule has 4 saturated heterocycles. The van der Waals surface area contributed by atoms with Crippen LogP contribution in [-0.2, 0) is 4.74 Å². The molecule has 2 bridgehead atoms. The van der Waals surface area contributed by atoms with Gasteiger partial charge in [0.05, 0.1) is 5.69 Å². The highest BCUT2D eigenvalue weighted by Crippen LogP contribution is 2.33. The third-order valence-corrected chi connectivity index (χ3v) is 7.13. The van der Waals surface area contributed by atoms with Crippen LogP contribution in [0.15, 0.2) is 0 Å². The van der Waals surface area contributed by atoms with Gasteiger partial charge in [0.1, 0.15) is 4.88 Å². The minimum atomic E-state index is 0.188. The van der Waals surface area contributed by atoms with Crippen LogP contribution in [0.5, 0.6) is 0 Å². The lowest BCUT2D eigenvalue weighted by Gasteiger charge is -2.37. The van der Waals surface area contributed by atoms with Gasteiger partial charge in [-0.25, -0.2) is 4.98 Å². The standard InChI is InChI=1S/C19H30N4O2S/c1-3-20-19-21-13(2)17(26-19)18(24)23-11-14-4-5-16(23)12-22(10-14)15-6-8-25-9-7-15/h14-16H,3-12H2,1-2H3,(H,20,21)/t14-,16+/m1/s1. The second-order valence-corrected chi connectivity index (χ2v) is 8.82. The van der Waals surface area contributed by atoms with Gasteiger partial charge in [-0.05, 0) is 45.4 Å². The smallest absolute Gasteiger partial charge is 0.266 e. The molecule has 144 valence electrons. The number of aromatic nitrogens is 1. The maximum Gasteiger partial charge on any atom is 0.266 e. The van der Waals surface area contributed by atoms with E-state index in [-0.39, 0.29) is 5.91 Å². The number of carbonyl (C=O) groups excluding carboxylic acids is 1. The van der Waals surface area contributed by atoms with Crippen molar-refractivity contribution < 1.29 is 9.53 Å². The number of thiazole rings is 1. The average Bonchev–Trinajstić information content (AvgIpc) is 2.84. The topological polar surface area (TPSA) is 57.7 Å². The number of nitrogens with one attached hydrogen (secondary N) is 1. The fraction of sp³-hybridized carbons (Fsp3) is 0.789. The fourth-order valence-corrected chi connectivity index (χ4v) is 5.66. The molecule has 4 fully saturated rings. The predicted molar refractivity (Wildman–Crippen MR) is 104 cm³/mol. The van der Waals surface area contributed by atoms with E-state index in [0.717, 1.165) is 74.4 Å². The van der Waals surface area contributed by atoms with Gasteiger partial charge in [-0.3, -0.25) is 9.69 Å². The number of carbonyl (C=O) groups is 1. The second kappa shape index (κ2) is 7.82. The largest absolute Gasteiger partial charge is 0.381 e. The summed E-state index contributed by atoms with van der Waals surface area (Å²) >= 11 is 1.51. The van der Waals surface area contributed by atoms with Crippen molar-refractivity contribution >= 4 is 22.4 Å². The minimum Gasteiger partial charge on any atom is -0.381 e. The second-order valence-electron chi connectivity index (χ2n) is 7.82. The first-order valence-corrected chi connectivity index (χ1v) is 10.8. The molecule has 0 saturated carbocycles. The molecule has 0 spiro atoms. The number of fused-ring (bicyclic) bond motifs is 4. The first kappa shape index (κ1) is 18.2. The Balaban J connectivity index is 1.50. The Kier molecular flexibility index (Phi) is 5.47. The van der Waals surface area contributed by atoms with Crippen molar-refractivity contribution in [3.8, 4) is 0 Å². The number of nitrogens with zero attached hydrogens (tertiary/aromatic N) is 3. The predicted octanol–water partition coefficient (Wildman–Crippen LogP) is 2.60. The molecule has 1 aromatic heterocycles. The van der Waals surface area contributed by atoms with Crippen molar-refractivity contribution in [2.75, 3.05) is 44.7 Å². The van der Waals surface area contributed by atoms with Gasteiger partial charge in [-0.1, -0.05) is 11.3 Å². The molecule has 2 atom stereocenters. The zero-order valence-corrected chi connectivity index (χ0v) is 16.7. The van der Waals surface area contributed by atoms with Gasteiger partial charge in [0.15, 0.2) is 5.13 Å². The third kappa shape index (κ3) is 3.62. The number of ether oxygens (including phenoxy) is 1. The van der Waals surface area contributed by atoms with Crippen LogP contribution < -0.4 is 5.32 Å². The highest BCUT2D eigenvalue weighted by molar-refractivity contribution is 7.17. The van der Waals surface area contributed by atoms with E-state index in [4.69, 9.17) is 4.74 Å². The average molecular weight is 379 g/mol. The van der Waals surface area contributed by atoms with E-state index in [1.165, 1.54) is 17.8 Å². The molecule has 1 amide bonds. The molecule has 1 N–H and O–H groups in total. The molecule has 0 unspecified atom stereocenters.